The van der Waals surface area contributed by atoms with Crippen LogP contribution in [-0.4, -0.2) is 17.6 Å². The summed E-state index contributed by atoms with van der Waals surface area (Å²) in [5.74, 6) is -0.765. The molecule has 0 spiro atoms. The van der Waals surface area contributed by atoms with Crippen molar-refractivity contribution in [1.29, 1.82) is 0 Å². The van der Waals surface area contributed by atoms with Gasteiger partial charge in [0.2, 0.25) is 11.8 Å². The van der Waals surface area contributed by atoms with Crippen LogP contribution in [0.15, 0.2) is 35.5 Å². The summed E-state index contributed by atoms with van der Waals surface area (Å²) in [5, 5.41) is 5.72. The van der Waals surface area contributed by atoms with Gasteiger partial charge in [-0.25, -0.2) is 0 Å². The first-order valence-electron chi connectivity index (χ1n) is 9.22. The number of aryl methyl sites for hydroxylation is 1. The van der Waals surface area contributed by atoms with E-state index in [-0.39, 0.29) is 29.4 Å². The van der Waals surface area contributed by atoms with Gasteiger partial charge in [0.25, 0.3) is 0 Å². The van der Waals surface area contributed by atoms with E-state index in [2.05, 4.69) is 17.6 Å². The molecule has 5 nitrogen and oxygen atoms in total. The number of hydrogen-bond acceptors (Lipinski definition) is 3. The van der Waals surface area contributed by atoms with E-state index in [0.717, 1.165) is 17.8 Å². The van der Waals surface area contributed by atoms with Crippen LogP contribution in [0.25, 0.3) is 0 Å². The van der Waals surface area contributed by atoms with Crippen LogP contribution < -0.4 is 10.6 Å². The molecule has 1 unspecified atom stereocenters. The number of ketones is 1. The standard InChI is InChI=1S/C21H26N2O3/c1-4-13-5-7-15(8-6-13)22-19(25)10-14-9-16-17(23-20(14)26)11-21(2,3)12-18(16)24/h5-8,14H,4,9-12H2,1-3H3,(H,22,25)(H,23,26). The first kappa shape index (κ1) is 18.4. The van der Waals surface area contributed by atoms with Crippen molar-refractivity contribution in [1.82, 2.24) is 5.32 Å². The van der Waals surface area contributed by atoms with Crippen LogP contribution in [0.2, 0.25) is 0 Å². The van der Waals surface area contributed by atoms with Crippen LogP contribution in [0.5, 0.6) is 0 Å². The molecule has 1 aromatic carbocycles. The minimum Gasteiger partial charge on any atom is -0.329 e. The molecule has 2 aliphatic rings. The molecule has 1 atom stereocenters. The minimum absolute atomic E-state index is 0.0782. The molecule has 0 aromatic heterocycles. The van der Waals surface area contributed by atoms with E-state index in [1.165, 1.54) is 5.56 Å². The predicted molar refractivity (Wildman–Crippen MR) is 100 cm³/mol. The zero-order valence-electron chi connectivity index (χ0n) is 15.6. The van der Waals surface area contributed by atoms with Gasteiger partial charge in [0.05, 0.1) is 5.92 Å². The van der Waals surface area contributed by atoms with E-state index in [0.29, 0.717) is 24.8 Å². The van der Waals surface area contributed by atoms with Gasteiger partial charge in [-0.05, 0) is 42.4 Å². The second kappa shape index (κ2) is 7.06. The monoisotopic (exact) mass is 354 g/mol. The highest BCUT2D eigenvalue weighted by Gasteiger charge is 2.39. The fourth-order valence-electron chi connectivity index (χ4n) is 3.73. The van der Waals surface area contributed by atoms with Crippen LogP contribution in [0.1, 0.15) is 52.0 Å². The number of hydrogen-bond donors (Lipinski definition) is 2. The van der Waals surface area contributed by atoms with Gasteiger partial charge in [-0.2, -0.15) is 0 Å². The fourth-order valence-corrected chi connectivity index (χ4v) is 3.73. The number of Topliss-reactive ketones (excluding diaryl/α,β-unsaturated/α-hetero) is 1. The number of rotatable bonds is 4. The zero-order valence-corrected chi connectivity index (χ0v) is 15.6. The summed E-state index contributed by atoms with van der Waals surface area (Å²) >= 11 is 0. The minimum atomic E-state index is -0.492. The lowest BCUT2D eigenvalue weighted by Crippen LogP contribution is -2.43. The van der Waals surface area contributed by atoms with Crippen molar-refractivity contribution >= 4 is 23.3 Å². The maximum atomic E-state index is 12.4. The molecule has 1 heterocycles. The lowest BCUT2D eigenvalue weighted by molar-refractivity contribution is -0.129. The van der Waals surface area contributed by atoms with Crippen molar-refractivity contribution in [3.63, 3.8) is 0 Å². The summed E-state index contributed by atoms with van der Waals surface area (Å²) in [6.45, 7) is 6.14. The molecule has 2 N–H and O–H groups in total. The van der Waals surface area contributed by atoms with Crippen molar-refractivity contribution in [3.05, 3.63) is 41.1 Å². The molecular weight excluding hydrogens is 328 g/mol. The Morgan fingerprint density at radius 1 is 1.19 bits per heavy atom. The van der Waals surface area contributed by atoms with Crippen LogP contribution in [0.3, 0.4) is 0 Å². The second-order valence-corrected chi connectivity index (χ2v) is 8.09. The quantitative estimate of drug-likeness (QED) is 0.870. The van der Waals surface area contributed by atoms with Gasteiger partial charge in [-0.3, -0.25) is 14.4 Å². The van der Waals surface area contributed by atoms with Crippen molar-refractivity contribution in [2.24, 2.45) is 11.3 Å². The lowest BCUT2D eigenvalue weighted by atomic mass is 9.72. The smallest absolute Gasteiger partial charge is 0.228 e. The molecule has 2 amide bonds. The molecule has 1 aliphatic heterocycles. The summed E-state index contributed by atoms with van der Waals surface area (Å²) < 4.78 is 0. The van der Waals surface area contributed by atoms with E-state index >= 15 is 0 Å². The highest BCUT2D eigenvalue weighted by Crippen LogP contribution is 2.40. The Morgan fingerprint density at radius 2 is 1.88 bits per heavy atom. The molecule has 0 bridgehead atoms. The van der Waals surface area contributed by atoms with E-state index in [4.69, 9.17) is 0 Å². The van der Waals surface area contributed by atoms with Gasteiger partial charge >= 0.3 is 0 Å². The Labute approximate surface area is 154 Å². The number of benzene rings is 1. The molecule has 138 valence electrons. The average Bonchev–Trinajstić information content (AvgIpc) is 2.56. The molecule has 1 aromatic rings. The molecule has 0 fully saturated rings. The fraction of sp³-hybridized carbons (Fsp3) is 0.476. The molecule has 0 saturated carbocycles. The molecule has 0 radical (unpaired) electrons. The Hall–Kier alpha value is -2.43. The van der Waals surface area contributed by atoms with Crippen LogP contribution in [0.4, 0.5) is 5.69 Å². The third kappa shape index (κ3) is 4.03. The van der Waals surface area contributed by atoms with Crippen molar-refractivity contribution in [2.75, 3.05) is 5.32 Å². The Bertz CT molecular complexity index is 775. The molecular formula is C21H26N2O3. The summed E-state index contributed by atoms with van der Waals surface area (Å²) in [4.78, 5) is 37.2. The normalized spacial score (nSPS) is 21.9. The van der Waals surface area contributed by atoms with Crippen LogP contribution in [0, 0.1) is 11.3 Å². The Kier molecular flexibility index (Phi) is 4.99. The zero-order chi connectivity index (χ0) is 18.9. The van der Waals surface area contributed by atoms with Gasteiger partial charge < -0.3 is 10.6 Å². The maximum absolute atomic E-state index is 12.4. The number of carbonyl (C=O) groups is 3. The number of allylic oxidation sites excluding steroid dienone is 2. The van der Waals surface area contributed by atoms with E-state index in [1.54, 1.807) is 0 Å². The van der Waals surface area contributed by atoms with Crippen LogP contribution >= 0.6 is 0 Å². The largest absolute Gasteiger partial charge is 0.329 e. The number of carbonyl (C=O) groups excluding carboxylic acids is 3. The highest BCUT2D eigenvalue weighted by atomic mass is 16.2. The third-order valence-corrected chi connectivity index (χ3v) is 5.17. The van der Waals surface area contributed by atoms with Gasteiger partial charge in [-0.15, -0.1) is 0 Å². The molecule has 0 saturated heterocycles. The molecule has 1 aliphatic carbocycles. The van der Waals surface area contributed by atoms with Gasteiger partial charge in [0, 0.05) is 29.8 Å². The summed E-state index contributed by atoms with van der Waals surface area (Å²) in [6, 6.07) is 7.68. The molecule has 26 heavy (non-hydrogen) atoms. The third-order valence-electron chi connectivity index (χ3n) is 5.17. The van der Waals surface area contributed by atoms with Gasteiger partial charge in [0.1, 0.15) is 0 Å². The Balaban J connectivity index is 1.65. The molecule has 3 rings (SSSR count). The molecule has 5 heteroatoms. The van der Waals surface area contributed by atoms with Crippen molar-refractivity contribution in [2.45, 2.75) is 52.9 Å². The lowest BCUT2D eigenvalue weighted by Gasteiger charge is -2.36. The number of nitrogens with one attached hydrogen (secondary N) is 2. The number of amides is 2. The number of anilines is 1. The average molecular weight is 354 g/mol. The topological polar surface area (TPSA) is 75.3 Å². The van der Waals surface area contributed by atoms with Crippen molar-refractivity contribution < 1.29 is 14.4 Å². The predicted octanol–water partition coefficient (Wildman–Crippen LogP) is 3.36. The highest BCUT2D eigenvalue weighted by molar-refractivity contribution is 6.02. The first-order chi connectivity index (χ1) is 12.3. The van der Waals surface area contributed by atoms with E-state index in [9.17, 15) is 14.4 Å². The second-order valence-electron chi connectivity index (χ2n) is 8.09. The van der Waals surface area contributed by atoms with Gasteiger partial charge in [0.15, 0.2) is 5.78 Å². The van der Waals surface area contributed by atoms with Crippen molar-refractivity contribution in [3.8, 4) is 0 Å². The summed E-state index contributed by atoms with van der Waals surface area (Å²) in [5.41, 5.74) is 3.25. The van der Waals surface area contributed by atoms with Gasteiger partial charge in [-0.1, -0.05) is 32.9 Å². The summed E-state index contributed by atoms with van der Waals surface area (Å²) in [7, 11) is 0. The Morgan fingerprint density at radius 3 is 2.54 bits per heavy atom. The summed E-state index contributed by atoms with van der Waals surface area (Å²) in [6.07, 6.45) is 2.57. The van der Waals surface area contributed by atoms with Crippen LogP contribution in [-0.2, 0) is 20.8 Å². The van der Waals surface area contributed by atoms with E-state index < -0.39 is 5.92 Å². The SMILES string of the molecule is CCc1ccc(NC(=O)CC2CC3=C(CC(C)(C)CC3=O)NC2=O)cc1. The maximum Gasteiger partial charge on any atom is 0.228 e. The first-order valence-corrected chi connectivity index (χ1v) is 9.22. The van der Waals surface area contributed by atoms with E-state index in [1.807, 2.05) is 38.1 Å².